The summed E-state index contributed by atoms with van der Waals surface area (Å²) in [6.07, 6.45) is 0.487. The van der Waals surface area contributed by atoms with E-state index in [1.165, 1.54) is 23.1 Å². The third kappa shape index (κ3) is 7.13. The van der Waals surface area contributed by atoms with E-state index >= 15 is 0 Å². The maximum Gasteiger partial charge on any atom is 0.409 e. The topological polar surface area (TPSA) is 130 Å². The highest BCUT2D eigenvalue weighted by molar-refractivity contribution is 6.05. The summed E-state index contributed by atoms with van der Waals surface area (Å²) in [5, 5.41) is 31.0. The molecule has 0 heterocycles. The molecule has 2 rings (SSSR count). The maximum atomic E-state index is 13.5. The molecule has 184 valence electrons. The number of nitrogens with one attached hydrogen (secondary N) is 1. The van der Waals surface area contributed by atoms with Crippen LogP contribution in [-0.2, 0) is 6.42 Å². The van der Waals surface area contributed by atoms with Crippen molar-refractivity contribution in [3.05, 3.63) is 53.6 Å². The monoisotopic (exact) mass is 471 g/mol. The van der Waals surface area contributed by atoms with Gasteiger partial charge in [0.15, 0.2) is 11.5 Å². The van der Waals surface area contributed by atoms with Gasteiger partial charge in [0.05, 0.1) is 0 Å². The van der Waals surface area contributed by atoms with E-state index in [2.05, 4.69) is 5.32 Å². The number of carbonyl (C=O) groups excluding carboxylic acids is 2. The Morgan fingerprint density at radius 2 is 1.74 bits per heavy atom. The Balaban J connectivity index is 2.30. The Morgan fingerprint density at radius 1 is 1.03 bits per heavy atom. The van der Waals surface area contributed by atoms with Crippen molar-refractivity contribution in [2.24, 2.45) is 5.92 Å². The van der Waals surface area contributed by atoms with Crippen molar-refractivity contribution in [3.8, 4) is 11.5 Å². The number of imide groups is 1. The average Bonchev–Trinajstić information content (AvgIpc) is 2.81. The molecule has 0 aliphatic carbocycles. The van der Waals surface area contributed by atoms with Gasteiger partial charge in [-0.2, -0.15) is 0 Å². The number of aromatic hydroxyl groups is 2. The summed E-state index contributed by atoms with van der Waals surface area (Å²) in [6.45, 7) is 6.71. The Kier molecular flexibility index (Phi) is 9.73. The van der Waals surface area contributed by atoms with Crippen molar-refractivity contribution in [3.63, 3.8) is 0 Å². The quantitative estimate of drug-likeness (QED) is 0.370. The van der Waals surface area contributed by atoms with E-state index in [0.29, 0.717) is 24.9 Å². The Labute approximate surface area is 199 Å². The highest BCUT2D eigenvalue weighted by Crippen LogP contribution is 2.28. The van der Waals surface area contributed by atoms with Crippen LogP contribution in [0.15, 0.2) is 42.5 Å². The van der Waals surface area contributed by atoms with Crippen LogP contribution in [0.3, 0.4) is 0 Å². The zero-order chi connectivity index (χ0) is 25.3. The summed E-state index contributed by atoms with van der Waals surface area (Å²) in [4.78, 5) is 40.7. The molecule has 0 aliphatic heterocycles. The van der Waals surface area contributed by atoms with Gasteiger partial charge < -0.3 is 20.2 Å². The number of hydrogen-bond acceptors (Lipinski definition) is 5. The molecule has 2 aromatic rings. The summed E-state index contributed by atoms with van der Waals surface area (Å²) in [5.41, 5.74) is 0.935. The van der Waals surface area contributed by atoms with Gasteiger partial charge >= 0.3 is 12.1 Å². The lowest BCUT2D eigenvalue weighted by Crippen LogP contribution is -2.48. The summed E-state index contributed by atoms with van der Waals surface area (Å²) >= 11 is 0. The van der Waals surface area contributed by atoms with Gasteiger partial charge in [-0.05, 0) is 48.6 Å². The largest absolute Gasteiger partial charge is 0.504 e. The molecule has 0 saturated carbocycles. The third-order valence-corrected chi connectivity index (χ3v) is 5.54. The number of phenolic OH excluding ortho intramolecular Hbond substituents is 2. The van der Waals surface area contributed by atoms with Crippen LogP contribution in [0.1, 0.15) is 49.5 Å². The lowest BCUT2D eigenvalue weighted by molar-refractivity contribution is 0.0735. The van der Waals surface area contributed by atoms with Crippen molar-refractivity contribution in [2.75, 3.05) is 25.0 Å². The molecule has 0 spiro atoms. The molecule has 1 unspecified atom stereocenters. The number of carbonyl (C=O) groups is 3. The van der Waals surface area contributed by atoms with Gasteiger partial charge in [-0.3, -0.25) is 15.0 Å². The van der Waals surface area contributed by atoms with E-state index in [4.69, 9.17) is 5.11 Å². The fourth-order valence-electron chi connectivity index (χ4n) is 3.48. The van der Waals surface area contributed by atoms with Crippen LogP contribution in [0.2, 0.25) is 0 Å². The first-order chi connectivity index (χ1) is 16.2. The smallest absolute Gasteiger partial charge is 0.409 e. The standard InChI is InChI=1S/C25H33N3O6/c1-4-13-27(14-12-18-8-7-11-21(29)22(18)30)25(34)28(16-17(3)5-2)23(31)19-9-6-10-20(15-19)26-24(32)33/h6-11,15,17,26,29-30H,4-5,12-14,16H2,1-3H3,(H,32,33). The van der Waals surface area contributed by atoms with E-state index in [1.54, 1.807) is 29.2 Å². The number of nitrogens with zero attached hydrogens (tertiary/aromatic N) is 2. The molecule has 34 heavy (non-hydrogen) atoms. The van der Waals surface area contributed by atoms with Gasteiger partial charge in [-0.15, -0.1) is 0 Å². The van der Waals surface area contributed by atoms with Gasteiger partial charge in [-0.1, -0.05) is 45.4 Å². The molecule has 0 radical (unpaired) electrons. The minimum absolute atomic E-state index is 0.0619. The van der Waals surface area contributed by atoms with Crippen LogP contribution < -0.4 is 5.32 Å². The van der Waals surface area contributed by atoms with Gasteiger partial charge in [0.2, 0.25) is 0 Å². The van der Waals surface area contributed by atoms with E-state index in [-0.39, 0.29) is 41.8 Å². The number of benzene rings is 2. The number of rotatable bonds is 10. The average molecular weight is 472 g/mol. The molecule has 0 fully saturated rings. The molecule has 9 nitrogen and oxygen atoms in total. The van der Waals surface area contributed by atoms with Gasteiger partial charge in [0.1, 0.15) is 0 Å². The molecule has 0 bridgehead atoms. The molecule has 0 saturated heterocycles. The number of phenols is 2. The summed E-state index contributed by atoms with van der Waals surface area (Å²) in [5.74, 6) is -0.900. The highest BCUT2D eigenvalue weighted by Gasteiger charge is 2.28. The molecule has 1 atom stereocenters. The second-order valence-corrected chi connectivity index (χ2v) is 8.24. The number of anilines is 1. The molecule has 4 N–H and O–H groups in total. The summed E-state index contributed by atoms with van der Waals surface area (Å²) in [7, 11) is 0. The fourth-order valence-corrected chi connectivity index (χ4v) is 3.48. The summed E-state index contributed by atoms with van der Waals surface area (Å²) in [6, 6.07) is 10.2. The van der Waals surface area contributed by atoms with Crippen molar-refractivity contribution in [2.45, 2.75) is 40.0 Å². The zero-order valence-electron chi connectivity index (χ0n) is 19.8. The van der Waals surface area contributed by atoms with E-state index in [1.807, 2.05) is 20.8 Å². The minimum Gasteiger partial charge on any atom is -0.504 e. The second-order valence-electron chi connectivity index (χ2n) is 8.24. The van der Waals surface area contributed by atoms with Gasteiger partial charge in [-0.25, -0.2) is 9.59 Å². The highest BCUT2D eigenvalue weighted by atomic mass is 16.4. The zero-order valence-corrected chi connectivity index (χ0v) is 19.8. The van der Waals surface area contributed by atoms with Gasteiger partial charge in [0, 0.05) is 30.9 Å². The summed E-state index contributed by atoms with van der Waals surface area (Å²) < 4.78 is 0. The minimum atomic E-state index is -1.25. The maximum absolute atomic E-state index is 13.5. The Hall–Kier alpha value is -3.75. The van der Waals surface area contributed by atoms with Crippen LogP contribution in [0, 0.1) is 5.92 Å². The predicted molar refractivity (Wildman–Crippen MR) is 129 cm³/mol. The third-order valence-electron chi connectivity index (χ3n) is 5.54. The first-order valence-electron chi connectivity index (χ1n) is 11.4. The number of amides is 4. The molecule has 4 amide bonds. The molecule has 2 aromatic carbocycles. The Morgan fingerprint density at radius 3 is 2.38 bits per heavy atom. The van der Waals surface area contributed by atoms with Crippen LogP contribution in [0.4, 0.5) is 15.3 Å². The molecule has 0 aliphatic rings. The fraction of sp³-hybridized carbons (Fsp3) is 0.400. The first-order valence-corrected chi connectivity index (χ1v) is 11.4. The Bertz CT molecular complexity index is 1010. The van der Waals surface area contributed by atoms with Crippen LogP contribution in [-0.4, -0.2) is 62.8 Å². The van der Waals surface area contributed by atoms with Crippen molar-refractivity contribution in [1.29, 1.82) is 0 Å². The number of hydrogen-bond donors (Lipinski definition) is 4. The lowest BCUT2D eigenvalue weighted by Gasteiger charge is -2.31. The van der Waals surface area contributed by atoms with Crippen LogP contribution in [0.5, 0.6) is 11.5 Å². The molecule has 9 heteroatoms. The first kappa shape index (κ1) is 26.5. The van der Waals surface area contributed by atoms with Crippen molar-refractivity contribution < 1.29 is 29.7 Å². The SMILES string of the molecule is CCCN(CCc1cccc(O)c1O)C(=O)N(CC(C)CC)C(=O)c1cccc(NC(=O)O)c1. The van der Waals surface area contributed by atoms with E-state index in [9.17, 15) is 24.6 Å². The number of carboxylic acid groups (broad SMARTS) is 1. The normalized spacial score (nSPS) is 11.5. The number of urea groups is 1. The van der Waals surface area contributed by atoms with E-state index < -0.39 is 18.0 Å². The number of para-hydroxylation sites is 1. The lowest BCUT2D eigenvalue weighted by atomic mass is 10.1. The van der Waals surface area contributed by atoms with Crippen LogP contribution >= 0.6 is 0 Å². The predicted octanol–water partition coefficient (Wildman–Crippen LogP) is 4.75. The van der Waals surface area contributed by atoms with Gasteiger partial charge in [0.25, 0.3) is 5.91 Å². The molecular formula is C25H33N3O6. The molecular weight excluding hydrogens is 438 g/mol. The second kappa shape index (κ2) is 12.5. The van der Waals surface area contributed by atoms with Crippen molar-refractivity contribution >= 4 is 23.7 Å². The molecule has 0 aromatic heterocycles. The van der Waals surface area contributed by atoms with E-state index in [0.717, 1.165) is 6.42 Å². The van der Waals surface area contributed by atoms with Crippen LogP contribution in [0.25, 0.3) is 0 Å². The van der Waals surface area contributed by atoms with Crippen molar-refractivity contribution in [1.82, 2.24) is 9.80 Å².